The van der Waals surface area contributed by atoms with Crippen LogP contribution in [0.15, 0.2) is 207 Å². The zero-order chi connectivity index (χ0) is 56.7. The lowest BCUT2D eigenvalue weighted by Crippen LogP contribution is -2.03. The largest absolute Gasteiger partial charge is 0.486 e. The molecule has 18 heteroatoms. The van der Waals surface area contributed by atoms with E-state index in [1.807, 2.05) is 54.7 Å². The molecule has 0 aliphatic rings. The first-order chi connectivity index (χ1) is 39.4. The molecular formula is C64H50Cl3F3N6O6. The fourth-order valence-electron chi connectivity index (χ4n) is 8.06. The Morgan fingerprint density at radius 2 is 1.01 bits per heavy atom. The van der Waals surface area contributed by atoms with Crippen molar-refractivity contribution in [3.05, 3.63) is 284 Å². The number of aldehydes is 1. The number of nitrogens with one attached hydrogen (secondary N) is 3. The maximum absolute atomic E-state index is 14.5. The molecule has 0 radical (unpaired) electrons. The van der Waals surface area contributed by atoms with Gasteiger partial charge in [0.1, 0.15) is 49.2 Å². The molecule has 0 saturated heterocycles. The summed E-state index contributed by atoms with van der Waals surface area (Å²) < 4.78 is 58.8. The van der Waals surface area contributed by atoms with Gasteiger partial charge in [0.05, 0.1) is 0 Å². The minimum Gasteiger partial charge on any atom is -0.486 e. The van der Waals surface area contributed by atoms with Gasteiger partial charge in [0.15, 0.2) is 40.5 Å². The van der Waals surface area contributed by atoms with E-state index in [9.17, 15) is 27.9 Å². The molecule has 0 amide bonds. The third-order valence-corrected chi connectivity index (χ3v) is 13.0. The Morgan fingerprint density at radius 3 is 1.54 bits per heavy atom. The van der Waals surface area contributed by atoms with E-state index in [2.05, 4.69) is 29.9 Å². The van der Waals surface area contributed by atoms with E-state index in [0.29, 0.717) is 54.7 Å². The molecule has 12 rings (SSSR count). The molecule has 6 aromatic heterocycles. The maximum atomic E-state index is 14.5. The summed E-state index contributed by atoms with van der Waals surface area (Å²) in [6.07, 6.45) is 9.86. The van der Waals surface area contributed by atoms with E-state index in [1.54, 1.807) is 110 Å². The quantitative estimate of drug-likeness (QED) is 0.0612. The number of hydrogen-bond acceptors (Lipinski definition) is 9. The number of aliphatic hydroxyl groups excluding tert-OH is 1. The molecule has 4 N–H and O–H groups in total. The second-order valence-corrected chi connectivity index (χ2v) is 19.1. The van der Waals surface area contributed by atoms with Crippen LogP contribution in [0.1, 0.15) is 67.6 Å². The summed E-state index contributed by atoms with van der Waals surface area (Å²) in [6, 6.07) is 47.3. The number of halogens is 6. The maximum Gasteiger partial charge on any atom is 0.195 e. The molecule has 12 nitrogen and oxygen atoms in total. The molecule has 1 unspecified atom stereocenters. The van der Waals surface area contributed by atoms with Gasteiger partial charge in [0.25, 0.3) is 0 Å². The number of ketones is 1. The number of benzene rings is 6. The number of ether oxygens (including phenoxy) is 3. The highest BCUT2D eigenvalue weighted by molar-refractivity contribution is 6.31. The van der Waals surface area contributed by atoms with Crippen molar-refractivity contribution in [3.63, 3.8) is 0 Å². The van der Waals surface area contributed by atoms with Gasteiger partial charge in [-0.15, -0.1) is 0 Å². The minimum atomic E-state index is -0.970. The molecular weight excluding hydrogens is 1110 g/mol. The molecule has 0 bridgehead atoms. The second-order valence-electron chi connectivity index (χ2n) is 17.8. The van der Waals surface area contributed by atoms with Crippen molar-refractivity contribution in [2.75, 3.05) is 0 Å². The van der Waals surface area contributed by atoms with Gasteiger partial charge in [-0.2, -0.15) is 0 Å². The van der Waals surface area contributed by atoms with Crippen LogP contribution in [0.5, 0.6) is 17.2 Å². The Kier molecular flexibility index (Phi) is 20.3. The number of H-pyrrole nitrogens is 3. The summed E-state index contributed by atoms with van der Waals surface area (Å²) in [5, 5.41) is 15.2. The number of carbonyl (C=O) groups is 2. The molecule has 0 saturated carbocycles. The first kappa shape index (κ1) is 58.9. The van der Waals surface area contributed by atoms with Crippen LogP contribution in [0.2, 0.25) is 15.1 Å². The predicted molar refractivity (Wildman–Crippen MR) is 314 cm³/mol. The fraction of sp³-hybridized carbons (Fsp3) is 0.0781. The Hall–Kier alpha value is -9.25. The van der Waals surface area contributed by atoms with Crippen molar-refractivity contribution in [2.45, 2.75) is 33.4 Å². The lowest BCUT2D eigenvalue weighted by Gasteiger charge is -2.13. The Labute approximate surface area is 484 Å². The molecule has 0 aliphatic carbocycles. The average molecular weight is 1160 g/mol. The summed E-state index contributed by atoms with van der Waals surface area (Å²) >= 11 is 17.4. The van der Waals surface area contributed by atoms with Crippen LogP contribution in [-0.4, -0.2) is 47.1 Å². The lowest BCUT2D eigenvalue weighted by atomic mass is 10.0. The highest BCUT2D eigenvalue weighted by Gasteiger charge is 2.19. The zero-order valence-corrected chi connectivity index (χ0v) is 44.8. The van der Waals surface area contributed by atoms with E-state index >= 15 is 0 Å². The highest BCUT2D eigenvalue weighted by atomic mass is 35.5. The number of nitrogens with zero attached hydrogens (tertiary/aromatic N) is 3. The van der Waals surface area contributed by atoms with Crippen LogP contribution in [-0.2, 0) is 19.8 Å². The SMILES string of the molecule is C.O=C(c1ccc(OCc2ccc(Cl)cc2)c(F)c1)c1c[nH]c2ncccc12.O=Cc1ccc(OCc2ccc(Cl)cc2)c(F)c1.OC(c1ccc(OCc2ccc(Cl)cc2)c(F)c1)c1c[nH]c2ncccc12.c1cnc2[nH]ccc2c1. The summed E-state index contributed by atoms with van der Waals surface area (Å²) in [4.78, 5) is 44.6. The van der Waals surface area contributed by atoms with Crippen LogP contribution >= 0.6 is 34.8 Å². The fourth-order valence-corrected chi connectivity index (χ4v) is 8.44. The molecule has 1 atom stereocenters. The molecule has 0 spiro atoms. The van der Waals surface area contributed by atoms with Crippen molar-refractivity contribution in [1.82, 2.24) is 29.9 Å². The average Bonchev–Trinajstić information content (AvgIpc) is 4.47. The third kappa shape index (κ3) is 15.3. The van der Waals surface area contributed by atoms with Crippen LogP contribution in [0.4, 0.5) is 13.2 Å². The topological polar surface area (TPSA) is 168 Å². The van der Waals surface area contributed by atoms with Crippen molar-refractivity contribution in [2.24, 2.45) is 0 Å². The minimum absolute atomic E-state index is 0. The van der Waals surface area contributed by atoms with Crippen LogP contribution in [0.25, 0.3) is 33.1 Å². The summed E-state index contributed by atoms with van der Waals surface area (Å²) in [5.41, 5.74) is 6.95. The van der Waals surface area contributed by atoms with Crippen molar-refractivity contribution in [1.29, 1.82) is 0 Å². The Bertz CT molecular complexity index is 4040. The number of hydrogen-bond donors (Lipinski definition) is 4. The standard InChI is InChI=1S/C21H16ClFN2O2.C21H14ClFN2O2.C14H10ClFO2.C7H6N2.CH4/c2*22-15-6-3-13(4-7-15)12-27-19-8-5-14(10-18(19)23)20(26)17-11-25-21-16(17)2-1-9-24-21;15-12-4-1-10(2-5-12)9-18-14-6-3-11(8-17)7-13(14)16;1-2-6-3-5-9-7(6)8-4-1;/h1-11,20,26H,12H2,(H,24,25);1-11H,12H2,(H,24,25);1-8H,9H2;1-5H,(H,8,9);1H4. The normalized spacial score (nSPS) is 11.0. The van der Waals surface area contributed by atoms with Gasteiger partial charge < -0.3 is 34.3 Å². The van der Waals surface area contributed by atoms with E-state index in [4.69, 9.17) is 49.0 Å². The first-order valence-electron chi connectivity index (χ1n) is 24.8. The number of aliphatic hydroxyl groups is 1. The van der Waals surface area contributed by atoms with E-state index in [-0.39, 0.29) is 61.4 Å². The summed E-state index contributed by atoms with van der Waals surface area (Å²) in [6.45, 7) is 0.675. The first-order valence-corrected chi connectivity index (χ1v) is 25.9. The molecule has 414 valence electrons. The summed E-state index contributed by atoms with van der Waals surface area (Å²) in [5.74, 6) is -1.61. The molecule has 0 fully saturated rings. The second kappa shape index (κ2) is 28.3. The van der Waals surface area contributed by atoms with Gasteiger partial charge in [-0.1, -0.05) is 84.7 Å². The Balaban J connectivity index is 0.000000151. The van der Waals surface area contributed by atoms with Gasteiger partial charge in [0, 0.05) is 90.7 Å². The van der Waals surface area contributed by atoms with Gasteiger partial charge >= 0.3 is 0 Å². The number of fused-ring (bicyclic) bond motifs is 3. The molecule has 82 heavy (non-hydrogen) atoms. The molecule has 6 aromatic carbocycles. The third-order valence-electron chi connectivity index (χ3n) is 12.3. The monoisotopic (exact) mass is 1160 g/mol. The van der Waals surface area contributed by atoms with Gasteiger partial charge in [-0.3, -0.25) is 9.59 Å². The smallest absolute Gasteiger partial charge is 0.195 e. The summed E-state index contributed by atoms with van der Waals surface area (Å²) in [7, 11) is 0. The number of aromatic nitrogens is 6. The van der Waals surface area contributed by atoms with Crippen LogP contribution in [0, 0.1) is 17.5 Å². The van der Waals surface area contributed by atoms with Crippen molar-refractivity contribution >= 4 is 80.0 Å². The van der Waals surface area contributed by atoms with Gasteiger partial charge in [-0.25, -0.2) is 28.1 Å². The zero-order valence-electron chi connectivity index (χ0n) is 42.5. The van der Waals surface area contributed by atoms with E-state index in [1.165, 1.54) is 36.4 Å². The van der Waals surface area contributed by atoms with Crippen molar-refractivity contribution in [3.8, 4) is 17.2 Å². The van der Waals surface area contributed by atoms with Crippen molar-refractivity contribution < 1.29 is 42.1 Å². The molecule has 0 aliphatic heterocycles. The van der Waals surface area contributed by atoms with Gasteiger partial charge in [0.2, 0.25) is 0 Å². The number of pyridine rings is 3. The Morgan fingerprint density at radius 1 is 0.537 bits per heavy atom. The number of rotatable bonds is 14. The lowest BCUT2D eigenvalue weighted by molar-refractivity contribution is 0.103. The molecule has 12 aromatic rings. The predicted octanol–water partition coefficient (Wildman–Crippen LogP) is 16.3. The van der Waals surface area contributed by atoms with Crippen LogP contribution < -0.4 is 14.2 Å². The number of carbonyl (C=O) groups excluding carboxylic acids is 2. The van der Waals surface area contributed by atoms with E-state index < -0.39 is 23.6 Å². The van der Waals surface area contributed by atoms with Gasteiger partial charge in [-0.05, 0) is 150 Å². The van der Waals surface area contributed by atoms with E-state index in [0.717, 1.165) is 39.2 Å². The highest BCUT2D eigenvalue weighted by Crippen LogP contribution is 2.31. The van der Waals surface area contributed by atoms with Crippen LogP contribution in [0.3, 0.4) is 0 Å². The molecule has 6 heterocycles. The number of aromatic amines is 3.